The van der Waals surface area contributed by atoms with Crippen LogP contribution in [0.2, 0.25) is 0 Å². The topological polar surface area (TPSA) is 120 Å². The largest absolute Gasteiger partial charge is 0.496 e. The normalized spacial score (nSPS) is 10.6. The van der Waals surface area contributed by atoms with Crippen molar-refractivity contribution in [1.82, 2.24) is 0 Å². The van der Waals surface area contributed by atoms with Crippen LogP contribution in [0, 0.1) is 0 Å². The van der Waals surface area contributed by atoms with E-state index in [4.69, 9.17) is 18.9 Å². The third-order valence-electron chi connectivity index (χ3n) is 5.09. The molecule has 2 N–H and O–H groups in total. The Labute approximate surface area is 217 Å². The van der Waals surface area contributed by atoms with Gasteiger partial charge in [-0.1, -0.05) is 49.1 Å². The van der Waals surface area contributed by atoms with E-state index in [1.54, 1.807) is 82.0 Å². The van der Waals surface area contributed by atoms with Crippen LogP contribution in [0.4, 0.5) is 5.69 Å². The predicted octanol–water partition coefficient (Wildman–Crippen LogP) is 4.32. The summed E-state index contributed by atoms with van der Waals surface area (Å²) in [7, 11) is 3.90. The smallest absolute Gasteiger partial charge is 0.330 e. The summed E-state index contributed by atoms with van der Waals surface area (Å²) < 4.78 is 42.3. The molecule has 0 fully saturated rings. The van der Waals surface area contributed by atoms with Crippen LogP contribution in [-0.2, 0) is 15.1 Å². The number of hydrogen-bond donors (Lipinski definition) is 2. The zero-order valence-corrected chi connectivity index (χ0v) is 21.7. The Morgan fingerprint density at radius 3 is 1.95 bits per heavy atom. The molecule has 3 aromatic carbocycles. The zero-order valence-electron chi connectivity index (χ0n) is 20.9. The molecule has 0 radical (unpaired) electrons. The van der Waals surface area contributed by atoms with E-state index in [0.29, 0.717) is 39.8 Å². The number of aliphatic carboxylic acids is 1. The second-order valence-corrected chi connectivity index (χ2v) is 8.07. The van der Waals surface area contributed by atoms with E-state index >= 15 is 0 Å². The molecular weight excluding hydrogens is 498 g/mol. The lowest BCUT2D eigenvalue weighted by Crippen LogP contribution is -2.20. The molecule has 196 valence electrons. The van der Waals surface area contributed by atoms with Crippen LogP contribution in [0.5, 0.6) is 23.0 Å². The maximum absolute atomic E-state index is 11.6. The third-order valence-corrected chi connectivity index (χ3v) is 5.56. The van der Waals surface area contributed by atoms with Crippen molar-refractivity contribution in [3.63, 3.8) is 0 Å². The van der Waals surface area contributed by atoms with Gasteiger partial charge < -0.3 is 29.4 Å². The second-order valence-electron chi connectivity index (χ2n) is 7.31. The molecule has 0 heterocycles. The quantitative estimate of drug-likeness (QED) is 0.371. The average molecular weight is 528 g/mol. The Kier molecular flexibility index (Phi) is 11.1. The standard InChI is InChI=1S/C16H15NO5S.C11H14O3/c1-22-14-8-7-11(10-23(20)21)9-13(14)17-15(16(18)19)12-5-3-2-4-6-12;1-5-9-10(13-3)6-8(12-2)7-11(9)14-4/h2-10,15,17H,1H3,(H,18,19);5-7H,1H2,2-4H3/t15-;/m1./s1. The van der Waals surface area contributed by atoms with Crippen LogP contribution in [-0.4, -0.2) is 53.3 Å². The van der Waals surface area contributed by atoms with Crippen LogP contribution >= 0.6 is 0 Å². The molecule has 9 nitrogen and oxygen atoms in total. The molecule has 0 aliphatic carbocycles. The van der Waals surface area contributed by atoms with E-state index in [2.05, 4.69) is 11.9 Å². The summed E-state index contributed by atoms with van der Waals surface area (Å²) in [6.07, 6.45) is 1.69. The summed E-state index contributed by atoms with van der Waals surface area (Å²) in [6, 6.07) is 15.9. The van der Waals surface area contributed by atoms with Gasteiger partial charge in [-0.25, -0.2) is 4.79 Å². The van der Waals surface area contributed by atoms with E-state index in [9.17, 15) is 18.3 Å². The van der Waals surface area contributed by atoms with Crippen molar-refractivity contribution in [3.8, 4) is 23.0 Å². The molecule has 0 bridgehead atoms. The van der Waals surface area contributed by atoms with Gasteiger partial charge in [-0.15, -0.1) is 0 Å². The first-order valence-corrected chi connectivity index (χ1v) is 12.0. The summed E-state index contributed by atoms with van der Waals surface area (Å²) >= 11 is 0. The molecule has 3 rings (SSSR count). The minimum absolute atomic E-state index is 0.392. The molecule has 0 aliphatic rings. The average Bonchev–Trinajstić information content (AvgIpc) is 2.91. The molecule has 0 aliphatic heterocycles. The zero-order chi connectivity index (χ0) is 27.4. The van der Waals surface area contributed by atoms with Crippen LogP contribution in [0.25, 0.3) is 6.08 Å². The number of carboxylic acids is 1. The molecule has 3 aromatic rings. The molecule has 0 amide bonds. The first kappa shape index (κ1) is 28.8. The number of hydrogen-bond acceptors (Lipinski definition) is 8. The van der Waals surface area contributed by atoms with Gasteiger partial charge in [0.25, 0.3) is 0 Å². The van der Waals surface area contributed by atoms with E-state index in [-0.39, 0.29) is 0 Å². The fourth-order valence-electron chi connectivity index (χ4n) is 3.35. The summed E-state index contributed by atoms with van der Waals surface area (Å²) in [5.41, 5.74) is 2.21. The summed E-state index contributed by atoms with van der Waals surface area (Å²) in [4.78, 5) is 11.6. The number of carboxylic acid groups (broad SMARTS) is 1. The predicted molar refractivity (Wildman–Crippen MR) is 144 cm³/mol. The van der Waals surface area contributed by atoms with Gasteiger partial charge in [-0.2, -0.15) is 8.42 Å². The first-order chi connectivity index (χ1) is 17.8. The monoisotopic (exact) mass is 527 g/mol. The highest BCUT2D eigenvalue weighted by molar-refractivity contribution is 7.71. The lowest BCUT2D eigenvalue weighted by molar-refractivity contribution is -0.138. The minimum Gasteiger partial charge on any atom is -0.496 e. The Morgan fingerprint density at radius 2 is 1.49 bits per heavy atom. The third kappa shape index (κ3) is 8.04. The first-order valence-electron chi connectivity index (χ1n) is 10.9. The molecule has 10 heteroatoms. The lowest BCUT2D eigenvalue weighted by atomic mass is 10.1. The summed E-state index contributed by atoms with van der Waals surface area (Å²) in [5, 5.41) is 13.4. The Balaban J connectivity index is 0.000000294. The summed E-state index contributed by atoms with van der Waals surface area (Å²) in [6.45, 7) is 3.70. The van der Waals surface area contributed by atoms with E-state index in [0.717, 1.165) is 10.9 Å². The molecule has 0 aromatic heterocycles. The molecular formula is C27H29NO8S. The van der Waals surface area contributed by atoms with Gasteiger partial charge in [0, 0.05) is 12.1 Å². The van der Waals surface area contributed by atoms with E-state index in [1.807, 2.05) is 0 Å². The van der Waals surface area contributed by atoms with Gasteiger partial charge in [-0.3, -0.25) is 0 Å². The molecule has 0 saturated heterocycles. The van der Waals surface area contributed by atoms with Crippen LogP contribution in [0.15, 0.2) is 67.2 Å². The van der Waals surface area contributed by atoms with Crippen LogP contribution in [0.1, 0.15) is 22.7 Å². The summed E-state index contributed by atoms with van der Waals surface area (Å²) in [5.74, 6) is 1.44. The number of methoxy groups -OCH3 is 4. The van der Waals surface area contributed by atoms with E-state index < -0.39 is 22.3 Å². The van der Waals surface area contributed by atoms with Gasteiger partial charge in [0.2, 0.25) is 10.3 Å². The molecule has 0 unspecified atom stereocenters. The maximum atomic E-state index is 11.6. The van der Waals surface area contributed by atoms with Crippen molar-refractivity contribution >= 4 is 33.4 Å². The van der Waals surface area contributed by atoms with Crippen molar-refractivity contribution in [2.75, 3.05) is 33.8 Å². The minimum atomic E-state index is -2.35. The number of anilines is 1. The SMILES string of the molecule is C=Cc1c(OC)cc(OC)cc1OC.COc1ccc(C=S(=O)=O)cc1N[C@@H](C(=O)O)c1ccccc1. The number of nitrogens with one attached hydrogen (secondary N) is 1. The van der Waals surface area contributed by atoms with Gasteiger partial charge in [0.1, 0.15) is 23.0 Å². The van der Waals surface area contributed by atoms with Crippen molar-refractivity contribution < 1.29 is 37.3 Å². The fourth-order valence-corrected chi connectivity index (χ4v) is 3.71. The Hall–Kier alpha value is -4.44. The number of benzene rings is 3. The number of ether oxygens (including phenoxy) is 4. The number of rotatable bonds is 10. The fraction of sp³-hybridized carbons (Fsp3) is 0.185. The van der Waals surface area contributed by atoms with Gasteiger partial charge >= 0.3 is 5.97 Å². The number of carbonyl (C=O) groups is 1. The van der Waals surface area contributed by atoms with Crippen LogP contribution < -0.4 is 24.3 Å². The second kappa shape index (κ2) is 14.2. The highest BCUT2D eigenvalue weighted by Gasteiger charge is 2.21. The highest BCUT2D eigenvalue weighted by atomic mass is 32.2. The van der Waals surface area contributed by atoms with Gasteiger partial charge in [0.05, 0.1) is 45.1 Å². The van der Waals surface area contributed by atoms with Crippen molar-refractivity contribution in [2.24, 2.45) is 0 Å². The van der Waals surface area contributed by atoms with Crippen LogP contribution in [0.3, 0.4) is 0 Å². The maximum Gasteiger partial charge on any atom is 0.330 e. The highest BCUT2D eigenvalue weighted by Crippen LogP contribution is 2.34. The van der Waals surface area contributed by atoms with E-state index in [1.165, 1.54) is 13.2 Å². The van der Waals surface area contributed by atoms with Crippen molar-refractivity contribution in [1.29, 1.82) is 0 Å². The Bertz CT molecular complexity index is 1320. The van der Waals surface area contributed by atoms with Gasteiger partial charge in [0.15, 0.2) is 6.04 Å². The molecule has 1 atom stereocenters. The van der Waals surface area contributed by atoms with Crippen molar-refractivity contribution in [2.45, 2.75) is 6.04 Å². The molecule has 37 heavy (non-hydrogen) atoms. The molecule has 0 spiro atoms. The van der Waals surface area contributed by atoms with Crippen molar-refractivity contribution in [3.05, 3.63) is 83.9 Å². The van der Waals surface area contributed by atoms with Gasteiger partial charge in [-0.05, 0) is 23.3 Å². The molecule has 0 saturated carbocycles. The Morgan fingerprint density at radius 1 is 0.892 bits per heavy atom. The lowest BCUT2D eigenvalue weighted by Gasteiger charge is -2.18.